The van der Waals surface area contributed by atoms with Crippen LogP contribution in [0.1, 0.15) is 72.6 Å². The zero-order chi connectivity index (χ0) is 12.2. The van der Waals surface area contributed by atoms with Gasteiger partial charge in [-0.15, -0.1) is 0 Å². The lowest BCUT2D eigenvalue weighted by Crippen LogP contribution is -2.31. The average molecular weight is 224 g/mol. The van der Waals surface area contributed by atoms with E-state index in [4.69, 9.17) is 0 Å². The zero-order valence-corrected chi connectivity index (χ0v) is 11.5. The van der Waals surface area contributed by atoms with Crippen LogP contribution in [0.4, 0.5) is 0 Å². The molecule has 0 saturated heterocycles. The van der Waals surface area contributed by atoms with E-state index in [2.05, 4.69) is 0 Å². The van der Waals surface area contributed by atoms with E-state index in [-0.39, 0.29) is 5.41 Å². The number of carbonyl (C=O) groups excluding carboxylic acids is 1. The second-order valence-electron chi connectivity index (χ2n) is 5.01. The summed E-state index contributed by atoms with van der Waals surface area (Å²) in [6.45, 7) is 8.00. The lowest BCUT2D eigenvalue weighted by atomic mass is 9.71. The molecule has 1 nitrogen and oxygen atoms in total. The molecule has 2 bridgehead atoms. The quantitative estimate of drug-likeness (QED) is 0.588. The summed E-state index contributed by atoms with van der Waals surface area (Å²) in [5.41, 5.74) is 0.225. The van der Waals surface area contributed by atoms with Crippen molar-refractivity contribution in [2.24, 2.45) is 17.3 Å². The van der Waals surface area contributed by atoms with Crippen molar-refractivity contribution in [3.8, 4) is 0 Å². The van der Waals surface area contributed by atoms with Gasteiger partial charge in [-0.3, -0.25) is 4.79 Å². The highest BCUT2D eigenvalue weighted by Gasteiger charge is 2.56. The molecule has 3 aliphatic carbocycles. The molecule has 0 amide bonds. The minimum absolute atomic E-state index is 0.225. The van der Waals surface area contributed by atoms with E-state index in [0.717, 1.165) is 18.3 Å². The van der Waals surface area contributed by atoms with E-state index in [1.165, 1.54) is 38.5 Å². The molecule has 1 spiro atoms. The summed E-state index contributed by atoms with van der Waals surface area (Å²) in [5.74, 6) is 2.35. The van der Waals surface area contributed by atoms with Gasteiger partial charge in [-0.1, -0.05) is 34.1 Å². The Bertz CT molecular complexity index is 234. The molecular weight excluding hydrogens is 196 g/mol. The fourth-order valence-electron chi connectivity index (χ4n) is 4.04. The molecule has 3 unspecified atom stereocenters. The van der Waals surface area contributed by atoms with Gasteiger partial charge in [0.2, 0.25) is 0 Å². The van der Waals surface area contributed by atoms with E-state index in [1.54, 1.807) is 0 Å². The Hall–Kier alpha value is -0.330. The van der Waals surface area contributed by atoms with Crippen LogP contribution >= 0.6 is 0 Å². The molecule has 0 N–H and O–H groups in total. The van der Waals surface area contributed by atoms with Gasteiger partial charge in [-0.2, -0.15) is 0 Å². The van der Waals surface area contributed by atoms with Crippen molar-refractivity contribution < 1.29 is 4.79 Å². The Balaban J connectivity index is 0.000000291. The van der Waals surface area contributed by atoms with Crippen LogP contribution < -0.4 is 0 Å². The van der Waals surface area contributed by atoms with Gasteiger partial charge in [0.05, 0.1) is 0 Å². The Morgan fingerprint density at radius 1 is 1.12 bits per heavy atom. The molecule has 0 heterocycles. The maximum atomic E-state index is 11.8. The van der Waals surface area contributed by atoms with Gasteiger partial charge < -0.3 is 0 Å². The second-order valence-corrected chi connectivity index (χ2v) is 5.01. The molecule has 3 atom stereocenters. The van der Waals surface area contributed by atoms with E-state index in [0.29, 0.717) is 5.78 Å². The number of hydrogen-bond acceptors (Lipinski definition) is 1. The van der Waals surface area contributed by atoms with E-state index < -0.39 is 0 Å². The van der Waals surface area contributed by atoms with Crippen LogP contribution in [0.3, 0.4) is 0 Å². The molecular formula is C15H28O. The number of fused-ring (bicyclic) bond motifs is 3. The summed E-state index contributed by atoms with van der Waals surface area (Å²) < 4.78 is 0. The van der Waals surface area contributed by atoms with E-state index in [1.807, 2.05) is 27.7 Å². The zero-order valence-electron chi connectivity index (χ0n) is 11.5. The van der Waals surface area contributed by atoms with Crippen LogP contribution in [0, 0.1) is 17.3 Å². The number of ketones is 1. The van der Waals surface area contributed by atoms with Crippen molar-refractivity contribution in [2.75, 3.05) is 0 Å². The first-order valence-electron chi connectivity index (χ1n) is 7.34. The summed E-state index contributed by atoms with van der Waals surface area (Å²) in [7, 11) is 0. The lowest BCUT2D eigenvalue weighted by molar-refractivity contribution is -0.128. The SMILES string of the molecule is CC.CC.O=C1CCCC12CC1CCC2C1. The molecule has 3 rings (SSSR count). The van der Waals surface area contributed by atoms with E-state index in [9.17, 15) is 4.79 Å². The Kier molecular flexibility index (Phi) is 5.01. The van der Waals surface area contributed by atoms with Crippen molar-refractivity contribution in [2.45, 2.75) is 72.6 Å². The first-order valence-corrected chi connectivity index (χ1v) is 7.34. The molecule has 94 valence electrons. The normalized spacial score (nSPS) is 39.1. The van der Waals surface area contributed by atoms with Crippen LogP contribution in [0.15, 0.2) is 0 Å². The minimum atomic E-state index is 0.225. The standard InChI is InChI=1S/C11H16O.2C2H6/c12-10-2-1-5-11(10)7-8-3-4-9(11)6-8;2*1-2/h8-9H,1-7H2;2*1-2H3. The first kappa shape index (κ1) is 13.7. The van der Waals surface area contributed by atoms with Crippen LogP contribution in [0.25, 0.3) is 0 Å². The molecule has 3 saturated carbocycles. The summed E-state index contributed by atoms with van der Waals surface area (Å²) >= 11 is 0. The molecule has 1 heteroatoms. The van der Waals surface area contributed by atoms with E-state index >= 15 is 0 Å². The van der Waals surface area contributed by atoms with Gasteiger partial charge in [0.15, 0.2) is 0 Å². The highest BCUT2D eigenvalue weighted by molar-refractivity contribution is 5.87. The number of carbonyl (C=O) groups is 1. The third-order valence-corrected chi connectivity index (χ3v) is 4.56. The number of hydrogen-bond donors (Lipinski definition) is 0. The van der Waals surface area contributed by atoms with Gasteiger partial charge in [0.25, 0.3) is 0 Å². The fourth-order valence-corrected chi connectivity index (χ4v) is 4.04. The molecule has 16 heavy (non-hydrogen) atoms. The van der Waals surface area contributed by atoms with Crippen molar-refractivity contribution >= 4 is 5.78 Å². The lowest BCUT2D eigenvalue weighted by Gasteiger charge is -2.31. The summed E-state index contributed by atoms with van der Waals surface area (Å²) in [4.78, 5) is 11.8. The molecule has 0 aromatic rings. The van der Waals surface area contributed by atoms with Gasteiger partial charge in [0, 0.05) is 11.8 Å². The smallest absolute Gasteiger partial charge is 0.139 e. The largest absolute Gasteiger partial charge is 0.299 e. The second kappa shape index (κ2) is 5.84. The first-order chi connectivity index (χ1) is 7.81. The van der Waals surface area contributed by atoms with Gasteiger partial charge in [-0.05, 0) is 43.9 Å². The molecule has 0 radical (unpaired) electrons. The minimum Gasteiger partial charge on any atom is -0.299 e. The highest BCUT2D eigenvalue weighted by atomic mass is 16.1. The molecule has 3 fully saturated rings. The predicted molar refractivity (Wildman–Crippen MR) is 69.4 cm³/mol. The molecule has 0 aromatic carbocycles. The molecule has 3 aliphatic rings. The van der Waals surface area contributed by atoms with Crippen molar-refractivity contribution in [3.05, 3.63) is 0 Å². The monoisotopic (exact) mass is 224 g/mol. The van der Waals surface area contributed by atoms with Crippen LogP contribution in [0.5, 0.6) is 0 Å². The number of Topliss-reactive ketones (excluding diaryl/α,β-unsaturated/α-hetero) is 1. The summed E-state index contributed by atoms with van der Waals surface area (Å²) in [5, 5.41) is 0. The topological polar surface area (TPSA) is 17.1 Å². The fraction of sp³-hybridized carbons (Fsp3) is 0.933. The van der Waals surface area contributed by atoms with Gasteiger partial charge in [0.1, 0.15) is 5.78 Å². The Morgan fingerprint density at radius 3 is 2.19 bits per heavy atom. The van der Waals surface area contributed by atoms with Gasteiger partial charge >= 0.3 is 0 Å². The molecule has 0 aliphatic heterocycles. The summed E-state index contributed by atoms with van der Waals surface area (Å²) in [6.07, 6.45) is 8.72. The number of rotatable bonds is 0. The summed E-state index contributed by atoms with van der Waals surface area (Å²) in [6, 6.07) is 0. The third kappa shape index (κ3) is 2.06. The maximum absolute atomic E-state index is 11.8. The maximum Gasteiger partial charge on any atom is 0.139 e. The average Bonchev–Trinajstić information content (AvgIpc) is 3.03. The predicted octanol–water partition coefficient (Wildman–Crippen LogP) is 4.60. The Morgan fingerprint density at radius 2 is 1.81 bits per heavy atom. The van der Waals surface area contributed by atoms with Crippen LogP contribution in [0.2, 0.25) is 0 Å². The van der Waals surface area contributed by atoms with Crippen LogP contribution in [-0.4, -0.2) is 5.78 Å². The third-order valence-electron chi connectivity index (χ3n) is 4.56. The van der Waals surface area contributed by atoms with Crippen molar-refractivity contribution in [1.29, 1.82) is 0 Å². The molecule has 0 aromatic heterocycles. The van der Waals surface area contributed by atoms with Crippen LogP contribution in [-0.2, 0) is 4.79 Å². The van der Waals surface area contributed by atoms with Gasteiger partial charge in [-0.25, -0.2) is 0 Å². The highest BCUT2D eigenvalue weighted by Crippen LogP contribution is 2.61. The van der Waals surface area contributed by atoms with Crippen molar-refractivity contribution in [1.82, 2.24) is 0 Å². The van der Waals surface area contributed by atoms with Crippen molar-refractivity contribution in [3.63, 3.8) is 0 Å². The Labute approximate surface area is 101 Å².